The molecule has 156 valence electrons. The van der Waals surface area contributed by atoms with Crippen LogP contribution >= 0.6 is 0 Å². The number of benzene rings is 1. The predicted molar refractivity (Wildman–Crippen MR) is 117 cm³/mol. The van der Waals surface area contributed by atoms with Crippen molar-refractivity contribution < 1.29 is 4.79 Å². The van der Waals surface area contributed by atoms with E-state index < -0.39 is 0 Å². The topological polar surface area (TPSA) is 115 Å². The molecule has 0 atom stereocenters. The summed E-state index contributed by atoms with van der Waals surface area (Å²) in [5.74, 6) is 0.221. The molecule has 0 radical (unpaired) electrons. The number of nitrogens with zero attached hydrogens (tertiary/aromatic N) is 5. The van der Waals surface area contributed by atoms with Gasteiger partial charge in [0.1, 0.15) is 11.2 Å². The maximum atomic E-state index is 13.2. The first-order chi connectivity index (χ1) is 15.1. The van der Waals surface area contributed by atoms with Crippen LogP contribution in [0.15, 0.2) is 65.8 Å². The Morgan fingerprint density at radius 2 is 1.90 bits per heavy atom. The van der Waals surface area contributed by atoms with E-state index in [1.807, 2.05) is 30.3 Å². The maximum Gasteiger partial charge on any atom is 0.278 e. The second-order valence-corrected chi connectivity index (χ2v) is 6.88. The molecule has 3 heterocycles. The average Bonchev–Trinajstić information content (AvgIpc) is 2.80. The van der Waals surface area contributed by atoms with Crippen molar-refractivity contribution in [3.63, 3.8) is 0 Å². The van der Waals surface area contributed by atoms with Gasteiger partial charge in [0.15, 0.2) is 5.65 Å². The molecule has 1 aromatic carbocycles. The number of hydrogen-bond donors (Lipinski definition) is 2. The molecule has 0 spiro atoms. The molecule has 9 nitrogen and oxygen atoms in total. The molecule has 0 saturated carbocycles. The van der Waals surface area contributed by atoms with Crippen molar-refractivity contribution in [2.24, 2.45) is 0 Å². The summed E-state index contributed by atoms with van der Waals surface area (Å²) in [6.45, 7) is 2.52. The van der Waals surface area contributed by atoms with Gasteiger partial charge in [-0.15, -0.1) is 0 Å². The molecule has 2 N–H and O–H groups in total. The van der Waals surface area contributed by atoms with Crippen LogP contribution in [0.1, 0.15) is 12.5 Å². The highest BCUT2D eigenvalue weighted by Crippen LogP contribution is 2.16. The smallest absolute Gasteiger partial charge is 0.278 e. The van der Waals surface area contributed by atoms with Crippen LogP contribution in [-0.4, -0.2) is 37.0 Å². The van der Waals surface area contributed by atoms with Gasteiger partial charge in [-0.25, -0.2) is 9.97 Å². The van der Waals surface area contributed by atoms with Gasteiger partial charge < -0.3 is 10.6 Å². The van der Waals surface area contributed by atoms with Crippen LogP contribution in [0.5, 0.6) is 0 Å². The number of fused-ring (bicyclic) bond motifs is 1. The minimum atomic E-state index is -0.307. The second-order valence-electron chi connectivity index (χ2n) is 6.88. The third kappa shape index (κ3) is 4.72. The molecule has 0 aliphatic heterocycles. The number of carbonyl (C=O) groups is 1. The van der Waals surface area contributed by atoms with Crippen LogP contribution in [0.2, 0.25) is 0 Å². The Labute approximate surface area is 178 Å². The van der Waals surface area contributed by atoms with Gasteiger partial charge in [0.25, 0.3) is 5.56 Å². The van der Waals surface area contributed by atoms with E-state index in [9.17, 15) is 9.59 Å². The van der Waals surface area contributed by atoms with E-state index in [4.69, 9.17) is 0 Å². The van der Waals surface area contributed by atoms with E-state index in [-0.39, 0.29) is 30.2 Å². The number of hydrogen-bond acceptors (Lipinski definition) is 7. The number of anilines is 1. The predicted octanol–water partition coefficient (Wildman–Crippen LogP) is 2.00. The number of amides is 1. The Morgan fingerprint density at radius 1 is 1.06 bits per heavy atom. The van der Waals surface area contributed by atoms with Crippen LogP contribution in [-0.2, 0) is 17.9 Å². The largest absolute Gasteiger partial charge is 0.355 e. The first-order valence-electron chi connectivity index (χ1n) is 9.82. The zero-order valence-electron chi connectivity index (χ0n) is 16.9. The quantitative estimate of drug-likeness (QED) is 0.474. The van der Waals surface area contributed by atoms with Crippen molar-refractivity contribution in [1.29, 1.82) is 0 Å². The minimum Gasteiger partial charge on any atom is -0.355 e. The molecule has 0 aliphatic rings. The standard InChI is InChI=1S/C22H21N7O2/c1-15(30)24-10-11-29-20-18(27-19(21(29)31)17-8-5-9-23-13-17)14-26-22(28-20)25-12-16-6-3-2-4-7-16/h2-9,13-14H,10-12H2,1H3,(H,24,30)(H,25,26,28). The lowest BCUT2D eigenvalue weighted by atomic mass is 10.2. The number of carbonyl (C=O) groups excluding carboxylic acids is 1. The molecule has 4 rings (SSSR count). The maximum absolute atomic E-state index is 13.2. The van der Waals surface area contributed by atoms with Crippen molar-refractivity contribution in [1.82, 2.24) is 29.8 Å². The summed E-state index contributed by atoms with van der Waals surface area (Å²) in [5, 5.41) is 5.89. The van der Waals surface area contributed by atoms with Gasteiger partial charge in [-0.1, -0.05) is 30.3 Å². The Hall–Kier alpha value is -4.14. The number of nitrogens with one attached hydrogen (secondary N) is 2. The zero-order valence-corrected chi connectivity index (χ0v) is 16.9. The molecular formula is C22H21N7O2. The lowest BCUT2D eigenvalue weighted by Crippen LogP contribution is -2.31. The van der Waals surface area contributed by atoms with Crippen LogP contribution in [0.3, 0.4) is 0 Å². The number of pyridine rings is 1. The molecule has 0 fully saturated rings. The Bertz CT molecular complexity index is 1260. The third-order valence-electron chi connectivity index (χ3n) is 4.62. The van der Waals surface area contributed by atoms with Crippen molar-refractivity contribution >= 4 is 23.0 Å². The van der Waals surface area contributed by atoms with E-state index in [1.54, 1.807) is 30.7 Å². The second kappa shape index (κ2) is 9.12. The molecule has 31 heavy (non-hydrogen) atoms. The summed E-state index contributed by atoms with van der Waals surface area (Å²) < 4.78 is 1.51. The molecule has 0 bridgehead atoms. The van der Waals surface area contributed by atoms with Crippen LogP contribution in [0.25, 0.3) is 22.4 Å². The Kier molecular flexibility index (Phi) is 5.93. The SMILES string of the molecule is CC(=O)NCCn1c(=O)c(-c2cccnc2)nc2cnc(NCc3ccccc3)nc21. The molecule has 4 aromatic rings. The van der Waals surface area contributed by atoms with Gasteiger partial charge in [-0.2, -0.15) is 4.98 Å². The van der Waals surface area contributed by atoms with Crippen molar-refractivity contribution in [3.8, 4) is 11.3 Å². The van der Waals surface area contributed by atoms with Gasteiger partial charge in [0, 0.05) is 44.5 Å². The molecule has 0 unspecified atom stereocenters. The first kappa shape index (κ1) is 20.1. The normalized spacial score (nSPS) is 10.7. The lowest BCUT2D eigenvalue weighted by molar-refractivity contribution is -0.118. The lowest BCUT2D eigenvalue weighted by Gasteiger charge is -2.13. The molecule has 1 amide bonds. The molecular weight excluding hydrogens is 394 g/mol. The van der Waals surface area contributed by atoms with Crippen LogP contribution in [0.4, 0.5) is 5.95 Å². The highest BCUT2D eigenvalue weighted by molar-refractivity contribution is 5.75. The van der Waals surface area contributed by atoms with Crippen LogP contribution in [0, 0.1) is 0 Å². The minimum absolute atomic E-state index is 0.168. The van der Waals surface area contributed by atoms with Gasteiger partial charge in [-0.3, -0.25) is 19.1 Å². The summed E-state index contributed by atoms with van der Waals surface area (Å²) >= 11 is 0. The average molecular weight is 415 g/mol. The Balaban J connectivity index is 1.73. The summed E-state index contributed by atoms with van der Waals surface area (Å²) in [7, 11) is 0. The summed E-state index contributed by atoms with van der Waals surface area (Å²) in [4.78, 5) is 42.0. The molecule has 0 saturated heterocycles. The van der Waals surface area contributed by atoms with E-state index in [2.05, 4.69) is 30.6 Å². The first-order valence-corrected chi connectivity index (χ1v) is 9.82. The van der Waals surface area contributed by atoms with Crippen LogP contribution < -0.4 is 16.2 Å². The fourth-order valence-corrected chi connectivity index (χ4v) is 3.14. The molecule has 9 heteroatoms. The monoisotopic (exact) mass is 415 g/mol. The number of aromatic nitrogens is 5. The van der Waals surface area contributed by atoms with Gasteiger partial charge in [0.2, 0.25) is 11.9 Å². The third-order valence-corrected chi connectivity index (χ3v) is 4.62. The fourth-order valence-electron chi connectivity index (χ4n) is 3.14. The summed E-state index contributed by atoms with van der Waals surface area (Å²) in [6.07, 6.45) is 4.81. The van der Waals surface area contributed by atoms with E-state index in [1.165, 1.54) is 11.5 Å². The molecule has 0 aliphatic carbocycles. The summed E-state index contributed by atoms with van der Waals surface area (Å²) in [6, 6.07) is 13.4. The van der Waals surface area contributed by atoms with Gasteiger partial charge in [-0.05, 0) is 17.7 Å². The highest BCUT2D eigenvalue weighted by Gasteiger charge is 2.15. The Morgan fingerprint density at radius 3 is 2.65 bits per heavy atom. The highest BCUT2D eigenvalue weighted by atomic mass is 16.1. The fraction of sp³-hybridized carbons (Fsp3) is 0.182. The van der Waals surface area contributed by atoms with Gasteiger partial charge in [0.05, 0.1) is 6.20 Å². The van der Waals surface area contributed by atoms with Crippen molar-refractivity contribution in [2.45, 2.75) is 20.0 Å². The van der Waals surface area contributed by atoms with E-state index in [0.29, 0.717) is 29.2 Å². The zero-order chi connectivity index (χ0) is 21.6. The van der Waals surface area contributed by atoms with Crippen molar-refractivity contribution in [2.75, 3.05) is 11.9 Å². The molecule has 3 aromatic heterocycles. The summed E-state index contributed by atoms with van der Waals surface area (Å²) in [5.41, 5.74) is 2.52. The number of rotatable bonds is 7. The van der Waals surface area contributed by atoms with E-state index in [0.717, 1.165) is 5.56 Å². The van der Waals surface area contributed by atoms with E-state index >= 15 is 0 Å². The van der Waals surface area contributed by atoms with Crippen molar-refractivity contribution in [3.05, 3.63) is 77.0 Å². The van der Waals surface area contributed by atoms with Gasteiger partial charge >= 0.3 is 0 Å².